The average Bonchev–Trinajstić information content (AvgIpc) is 2.80. The highest BCUT2D eigenvalue weighted by molar-refractivity contribution is 5.74. The first kappa shape index (κ1) is 13.6. The number of nitrogens with zero attached hydrogens (tertiary/aromatic N) is 1. The molecule has 0 bridgehead atoms. The Labute approximate surface area is 119 Å². The molecule has 1 atom stereocenters. The van der Waals surface area contributed by atoms with Crippen molar-refractivity contribution in [3.63, 3.8) is 0 Å². The molecule has 4 nitrogen and oxygen atoms in total. The van der Waals surface area contributed by atoms with Crippen molar-refractivity contribution in [1.82, 2.24) is 10.2 Å². The quantitative estimate of drug-likeness (QED) is 0.883. The van der Waals surface area contributed by atoms with Crippen LogP contribution in [0.2, 0.25) is 0 Å². The molecule has 108 valence electrons. The molecule has 2 aliphatic heterocycles. The summed E-state index contributed by atoms with van der Waals surface area (Å²) in [5.41, 5.74) is 1.29. The van der Waals surface area contributed by atoms with E-state index in [1.807, 2.05) is 18.2 Å². The van der Waals surface area contributed by atoms with Crippen LogP contribution in [0.15, 0.2) is 30.3 Å². The molecule has 2 N–H and O–H groups in total. The Morgan fingerprint density at radius 3 is 2.60 bits per heavy atom. The Bertz CT molecular complexity index is 469. The highest BCUT2D eigenvalue weighted by atomic mass is 16.4. The lowest BCUT2D eigenvalue weighted by Gasteiger charge is -2.43. The summed E-state index contributed by atoms with van der Waals surface area (Å²) in [5.74, 6) is -0.670. The third-order valence-corrected chi connectivity index (χ3v) is 4.88. The number of benzene rings is 1. The van der Waals surface area contributed by atoms with E-state index in [9.17, 15) is 9.90 Å². The van der Waals surface area contributed by atoms with Crippen LogP contribution in [0.25, 0.3) is 0 Å². The van der Waals surface area contributed by atoms with Gasteiger partial charge in [-0.05, 0) is 44.3 Å². The number of piperidine rings is 1. The Kier molecular flexibility index (Phi) is 3.76. The highest BCUT2D eigenvalue weighted by Gasteiger charge is 2.48. The summed E-state index contributed by atoms with van der Waals surface area (Å²) in [6, 6.07) is 9.90. The summed E-state index contributed by atoms with van der Waals surface area (Å²) in [7, 11) is 0. The van der Waals surface area contributed by atoms with Crippen molar-refractivity contribution in [2.45, 2.75) is 43.8 Å². The van der Waals surface area contributed by atoms with Gasteiger partial charge in [0.2, 0.25) is 0 Å². The highest BCUT2D eigenvalue weighted by Crippen LogP contribution is 2.41. The molecule has 0 saturated carbocycles. The van der Waals surface area contributed by atoms with Crippen LogP contribution >= 0.6 is 0 Å². The van der Waals surface area contributed by atoms with Crippen LogP contribution < -0.4 is 5.32 Å². The second kappa shape index (κ2) is 5.54. The molecular weight excluding hydrogens is 252 g/mol. The van der Waals surface area contributed by atoms with E-state index in [0.29, 0.717) is 0 Å². The number of nitrogens with one attached hydrogen (secondary N) is 1. The monoisotopic (exact) mass is 274 g/mol. The molecule has 3 rings (SSSR count). The molecule has 2 heterocycles. The zero-order chi connectivity index (χ0) is 14.0. The van der Waals surface area contributed by atoms with E-state index in [1.54, 1.807) is 0 Å². The maximum absolute atomic E-state index is 11.6. The van der Waals surface area contributed by atoms with Gasteiger partial charge in [-0.15, -0.1) is 0 Å². The summed E-state index contributed by atoms with van der Waals surface area (Å²) >= 11 is 0. The predicted molar refractivity (Wildman–Crippen MR) is 77.5 cm³/mol. The second-order valence-electron chi connectivity index (χ2n) is 5.98. The first-order valence-corrected chi connectivity index (χ1v) is 7.45. The number of likely N-dealkylation sites (tertiary alicyclic amines) is 1. The van der Waals surface area contributed by atoms with E-state index in [4.69, 9.17) is 0 Å². The van der Waals surface area contributed by atoms with Crippen LogP contribution in [-0.2, 0) is 11.3 Å². The van der Waals surface area contributed by atoms with Crippen molar-refractivity contribution in [3.8, 4) is 0 Å². The molecule has 1 spiro atoms. The van der Waals surface area contributed by atoms with Gasteiger partial charge in [-0.25, -0.2) is 0 Å². The van der Waals surface area contributed by atoms with E-state index >= 15 is 0 Å². The zero-order valence-corrected chi connectivity index (χ0v) is 11.7. The number of carbonyl (C=O) groups is 1. The summed E-state index contributed by atoms with van der Waals surface area (Å²) < 4.78 is 0. The third-order valence-electron chi connectivity index (χ3n) is 4.88. The van der Waals surface area contributed by atoms with Gasteiger partial charge in [-0.2, -0.15) is 0 Å². The molecule has 2 saturated heterocycles. The number of carboxylic acid groups (broad SMARTS) is 1. The standard InChI is InChI=1S/C16H22N2O2/c19-15(20)14-6-7-16(8-10-17-11-9-16)18(14)12-13-4-2-1-3-5-13/h1-5,14,17H,6-12H2,(H,19,20). The third kappa shape index (κ3) is 2.45. The Hall–Kier alpha value is -1.39. The van der Waals surface area contributed by atoms with Gasteiger partial charge in [-0.1, -0.05) is 30.3 Å². The lowest BCUT2D eigenvalue weighted by atomic mass is 9.85. The number of carboxylic acids is 1. The summed E-state index contributed by atoms with van der Waals surface area (Å²) in [6.45, 7) is 2.74. The SMILES string of the molecule is O=C(O)C1CCC2(CCNCC2)N1Cc1ccccc1. The number of rotatable bonds is 3. The molecule has 20 heavy (non-hydrogen) atoms. The molecule has 2 aliphatic rings. The van der Waals surface area contributed by atoms with Crippen LogP contribution in [0, 0.1) is 0 Å². The lowest BCUT2D eigenvalue weighted by Crippen LogP contribution is -2.54. The molecule has 0 amide bonds. The van der Waals surface area contributed by atoms with Crippen molar-refractivity contribution < 1.29 is 9.90 Å². The van der Waals surface area contributed by atoms with Gasteiger partial charge < -0.3 is 10.4 Å². The topological polar surface area (TPSA) is 52.6 Å². The molecular formula is C16H22N2O2. The largest absolute Gasteiger partial charge is 0.480 e. The van der Waals surface area contributed by atoms with Crippen molar-refractivity contribution in [1.29, 1.82) is 0 Å². The number of hydrogen-bond donors (Lipinski definition) is 2. The summed E-state index contributed by atoms with van der Waals surface area (Å²) in [6.07, 6.45) is 3.91. The Morgan fingerprint density at radius 1 is 1.25 bits per heavy atom. The van der Waals surface area contributed by atoms with Crippen LogP contribution in [0.4, 0.5) is 0 Å². The van der Waals surface area contributed by atoms with E-state index in [-0.39, 0.29) is 11.6 Å². The van der Waals surface area contributed by atoms with Crippen molar-refractivity contribution in [2.75, 3.05) is 13.1 Å². The van der Waals surface area contributed by atoms with Gasteiger partial charge in [-0.3, -0.25) is 9.69 Å². The Balaban J connectivity index is 1.85. The molecule has 0 aromatic heterocycles. The zero-order valence-electron chi connectivity index (χ0n) is 11.7. The average molecular weight is 274 g/mol. The van der Waals surface area contributed by atoms with Gasteiger partial charge >= 0.3 is 5.97 Å². The molecule has 1 aromatic rings. The Morgan fingerprint density at radius 2 is 1.95 bits per heavy atom. The van der Waals surface area contributed by atoms with E-state index in [0.717, 1.165) is 45.3 Å². The molecule has 0 radical (unpaired) electrons. The maximum atomic E-state index is 11.6. The maximum Gasteiger partial charge on any atom is 0.320 e. The van der Waals surface area contributed by atoms with Crippen molar-refractivity contribution in [2.24, 2.45) is 0 Å². The second-order valence-corrected chi connectivity index (χ2v) is 5.98. The minimum Gasteiger partial charge on any atom is -0.480 e. The van der Waals surface area contributed by atoms with Crippen molar-refractivity contribution in [3.05, 3.63) is 35.9 Å². The summed E-state index contributed by atoms with van der Waals surface area (Å²) in [4.78, 5) is 13.8. The van der Waals surface area contributed by atoms with Gasteiger partial charge in [0.25, 0.3) is 0 Å². The molecule has 1 unspecified atom stereocenters. The van der Waals surface area contributed by atoms with E-state index in [2.05, 4.69) is 22.3 Å². The van der Waals surface area contributed by atoms with Crippen LogP contribution in [0.3, 0.4) is 0 Å². The number of aliphatic carboxylic acids is 1. The van der Waals surface area contributed by atoms with Gasteiger partial charge in [0, 0.05) is 12.1 Å². The normalized spacial score (nSPS) is 25.9. The molecule has 1 aromatic carbocycles. The van der Waals surface area contributed by atoms with Gasteiger partial charge in [0.05, 0.1) is 0 Å². The van der Waals surface area contributed by atoms with Crippen molar-refractivity contribution >= 4 is 5.97 Å². The minimum atomic E-state index is -0.670. The minimum absolute atomic E-state index is 0.0874. The first-order chi connectivity index (χ1) is 9.71. The predicted octanol–water partition coefficient (Wildman–Crippen LogP) is 1.86. The fourth-order valence-electron chi connectivity index (χ4n) is 3.78. The lowest BCUT2D eigenvalue weighted by molar-refractivity contribution is -0.144. The van der Waals surface area contributed by atoms with E-state index < -0.39 is 5.97 Å². The molecule has 4 heteroatoms. The first-order valence-electron chi connectivity index (χ1n) is 7.45. The summed E-state index contributed by atoms with van der Waals surface area (Å²) in [5, 5.41) is 12.9. The van der Waals surface area contributed by atoms with Crippen LogP contribution in [0.1, 0.15) is 31.2 Å². The van der Waals surface area contributed by atoms with Crippen LogP contribution in [-0.4, -0.2) is 40.6 Å². The van der Waals surface area contributed by atoms with Gasteiger partial charge in [0.15, 0.2) is 0 Å². The molecule has 2 fully saturated rings. The smallest absolute Gasteiger partial charge is 0.320 e. The number of hydrogen-bond acceptors (Lipinski definition) is 3. The van der Waals surface area contributed by atoms with Crippen LogP contribution in [0.5, 0.6) is 0 Å². The fraction of sp³-hybridized carbons (Fsp3) is 0.562. The van der Waals surface area contributed by atoms with E-state index in [1.165, 1.54) is 5.56 Å². The van der Waals surface area contributed by atoms with Gasteiger partial charge in [0.1, 0.15) is 6.04 Å². The molecule has 0 aliphatic carbocycles. The fourth-order valence-corrected chi connectivity index (χ4v) is 3.78.